The summed E-state index contributed by atoms with van der Waals surface area (Å²) in [4.78, 5) is 16.3. The molecule has 3 rings (SSSR count). The third kappa shape index (κ3) is 4.23. The summed E-state index contributed by atoms with van der Waals surface area (Å²) in [5.41, 5.74) is 3.09. The number of pyridine rings is 1. The van der Waals surface area contributed by atoms with Crippen molar-refractivity contribution >= 4 is 5.97 Å². The minimum atomic E-state index is -0.380. The van der Waals surface area contributed by atoms with Crippen LogP contribution in [0, 0.1) is 0 Å². The van der Waals surface area contributed by atoms with E-state index >= 15 is 0 Å². The standard InChI is InChI=1S/C19H19N3O3/c1-24-16-6-4-15(5-7-16)18-17(13-21-22-18)19(23)25-12-2-3-14-8-10-20-11-9-14/h4-11,13H,2-3,12H2,1H3,(H,21,22). The Morgan fingerprint density at radius 2 is 1.88 bits per heavy atom. The number of methoxy groups -OCH3 is 1. The number of nitrogens with one attached hydrogen (secondary N) is 1. The van der Waals surface area contributed by atoms with E-state index in [1.807, 2.05) is 36.4 Å². The van der Waals surface area contributed by atoms with Crippen molar-refractivity contribution in [3.63, 3.8) is 0 Å². The zero-order chi connectivity index (χ0) is 17.5. The van der Waals surface area contributed by atoms with Gasteiger partial charge in [0, 0.05) is 18.0 Å². The number of H-pyrrole nitrogens is 1. The van der Waals surface area contributed by atoms with Gasteiger partial charge in [-0.15, -0.1) is 0 Å². The second-order valence-electron chi connectivity index (χ2n) is 5.48. The molecule has 0 bridgehead atoms. The summed E-state index contributed by atoms with van der Waals surface area (Å²) in [5.74, 6) is 0.373. The second kappa shape index (κ2) is 8.10. The lowest BCUT2D eigenvalue weighted by Crippen LogP contribution is -2.07. The van der Waals surface area contributed by atoms with Crippen LogP contribution >= 0.6 is 0 Å². The van der Waals surface area contributed by atoms with Gasteiger partial charge in [-0.25, -0.2) is 4.79 Å². The maximum Gasteiger partial charge on any atom is 0.341 e. The zero-order valence-electron chi connectivity index (χ0n) is 13.9. The van der Waals surface area contributed by atoms with Crippen LogP contribution in [0.25, 0.3) is 11.3 Å². The highest BCUT2D eigenvalue weighted by Gasteiger charge is 2.16. The molecule has 0 fully saturated rings. The van der Waals surface area contributed by atoms with E-state index in [0.717, 1.165) is 24.2 Å². The largest absolute Gasteiger partial charge is 0.497 e. The molecule has 6 heteroatoms. The van der Waals surface area contributed by atoms with Gasteiger partial charge in [0.2, 0.25) is 0 Å². The lowest BCUT2D eigenvalue weighted by molar-refractivity contribution is 0.0501. The van der Waals surface area contributed by atoms with Gasteiger partial charge in [-0.05, 0) is 54.8 Å². The maximum atomic E-state index is 12.3. The first-order valence-corrected chi connectivity index (χ1v) is 8.02. The monoisotopic (exact) mass is 337 g/mol. The molecule has 0 atom stereocenters. The first-order chi connectivity index (χ1) is 12.3. The Morgan fingerprint density at radius 1 is 1.12 bits per heavy atom. The highest BCUT2D eigenvalue weighted by Crippen LogP contribution is 2.24. The Hall–Kier alpha value is -3.15. The van der Waals surface area contributed by atoms with Crippen LogP contribution < -0.4 is 4.74 Å². The maximum absolute atomic E-state index is 12.3. The molecule has 0 aliphatic rings. The molecule has 1 aromatic carbocycles. The number of aromatic amines is 1. The average molecular weight is 337 g/mol. The van der Waals surface area contributed by atoms with E-state index in [1.165, 1.54) is 11.8 Å². The third-order valence-electron chi connectivity index (χ3n) is 3.83. The van der Waals surface area contributed by atoms with Gasteiger partial charge in [0.15, 0.2) is 0 Å². The van der Waals surface area contributed by atoms with Crippen LogP contribution in [0.15, 0.2) is 55.0 Å². The predicted octanol–water partition coefficient (Wildman–Crippen LogP) is 3.27. The van der Waals surface area contributed by atoms with Crippen molar-refractivity contribution in [2.75, 3.05) is 13.7 Å². The molecule has 1 N–H and O–H groups in total. The molecule has 25 heavy (non-hydrogen) atoms. The normalized spacial score (nSPS) is 10.4. The number of aryl methyl sites for hydroxylation is 1. The van der Waals surface area contributed by atoms with Gasteiger partial charge in [-0.1, -0.05) is 0 Å². The van der Waals surface area contributed by atoms with Crippen molar-refractivity contribution in [1.82, 2.24) is 15.2 Å². The highest BCUT2D eigenvalue weighted by molar-refractivity contribution is 5.95. The molecule has 0 saturated heterocycles. The molecule has 0 spiro atoms. The number of hydrogen-bond donors (Lipinski definition) is 1. The molecular weight excluding hydrogens is 318 g/mol. The summed E-state index contributed by atoms with van der Waals surface area (Å²) in [6, 6.07) is 11.3. The van der Waals surface area contributed by atoms with Crippen LogP contribution in [0.5, 0.6) is 5.75 Å². The van der Waals surface area contributed by atoms with Crippen molar-refractivity contribution in [3.05, 3.63) is 66.1 Å². The smallest absolute Gasteiger partial charge is 0.341 e. The van der Waals surface area contributed by atoms with E-state index in [-0.39, 0.29) is 5.97 Å². The quantitative estimate of drug-likeness (QED) is 0.529. The zero-order valence-corrected chi connectivity index (χ0v) is 13.9. The van der Waals surface area contributed by atoms with Crippen LogP contribution in [0.2, 0.25) is 0 Å². The number of carbonyl (C=O) groups is 1. The van der Waals surface area contributed by atoms with Gasteiger partial charge in [0.05, 0.1) is 25.6 Å². The predicted molar refractivity (Wildman–Crippen MR) is 93.4 cm³/mol. The van der Waals surface area contributed by atoms with E-state index < -0.39 is 0 Å². The number of ether oxygens (including phenoxy) is 2. The van der Waals surface area contributed by atoms with Gasteiger partial charge in [0.1, 0.15) is 11.3 Å². The number of esters is 1. The molecule has 0 unspecified atom stereocenters. The SMILES string of the molecule is COc1ccc(-c2[nH]ncc2C(=O)OCCCc2ccncc2)cc1. The topological polar surface area (TPSA) is 77.1 Å². The molecule has 2 aromatic heterocycles. The summed E-state index contributed by atoms with van der Waals surface area (Å²) in [6.45, 7) is 0.356. The fourth-order valence-electron chi connectivity index (χ4n) is 2.49. The van der Waals surface area contributed by atoms with Crippen molar-refractivity contribution < 1.29 is 14.3 Å². The van der Waals surface area contributed by atoms with Crippen LogP contribution in [0.4, 0.5) is 0 Å². The van der Waals surface area contributed by atoms with Crippen molar-refractivity contribution in [2.24, 2.45) is 0 Å². The fourth-order valence-corrected chi connectivity index (χ4v) is 2.49. The number of benzene rings is 1. The van der Waals surface area contributed by atoms with E-state index in [4.69, 9.17) is 9.47 Å². The number of rotatable bonds is 7. The van der Waals surface area contributed by atoms with Gasteiger partial charge in [0.25, 0.3) is 0 Å². The third-order valence-corrected chi connectivity index (χ3v) is 3.83. The minimum absolute atomic E-state index is 0.356. The van der Waals surface area contributed by atoms with E-state index in [2.05, 4.69) is 15.2 Å². The number of nitrogens with zero attached hydrogens (tertiary/aromatic N) is 2. The van der Waals surface area contributed by atoms with Crippen LogP contribution in [0.1, 0.15) is 22.3 Å². The highest BCUT2D eigenvalue weighted by atomic mass is 16.5. The van der Waals surface area contributed by atoms with Crippen LogP contribution in [-0.4, -0.2) is 34.9 Å². The first kappa shape index (κ1) is 16.7. The Labute approximate surface area is 145 Å². The number of aromatic nitrogens is 3. The van der Waals surface area contributed by atoms with E-state index in [0.29, 0.717) is 17.9 Å². The molecule has 0 amide bonds. The first-order valence-electron chi connectivity index (χ1n) is 8.02. The lowest BCUT2D eigenvalue weighted by atomic mass is 10.1. The van der Waals surface area contributed by atoms with Crippen molar-refractivity contribution in [2.45, 2.75) is 12.8 Å². The van der Waals surface area contributed by atoms with Gasteiger partial charge in [-0.3, -0.25) is 10.1 Å². The molecular formula is C19H19N3O3. The molecule has 0 radical (unpaired) electrons. The summed E-state index contributed by atoms with van der Waals surface area (Å²) in [6.07, 6.45) is 6.60. The average Bonchev–Trinajstić information content (AvgIpc) is 3.16. The summed E-state index contributed by atoms with van der Waals surface area (Å²) >= 11 is 0. The van der Waals surface area contributed by atoms with Gasteiger partial charge >= 0.3 is 5.97 Å². The Kier molecular flexibility index (Phi) is 5.41. The van der Waals surface area contributed by atoms with Crippen molar-refractivity contribution in [1.29, 1.82) is 0 Å². The molecule has 0 aliphatic carbocycles. The molecule has 128 valence electrons. The summed E-state index contributed by atoms with van der Waals surface area (Å²) in [5, 5.41) is 6.83. The summed E-state index contributed by atoms with van der Waals surface area (Å²) in [7, 11) is 1.61. The number of carbonyl (C=O) groups excluding carboxylic acids is 1. The van der Waals surface area contributed by atoms with Gasteiger partial charge < -0.3 is 9.47 Å². The minimum Gasteiger partial charge on any atom is -0.497 e. The molecule has 0 saturated carbocycles. The van der Waals surface area contributed by atoms with E-state index in [1.54, 1.807) is 19.5 Å². The second-order valence-corrected chi connectivity index (χ2v) is 5.48. The van der Waals surface area contributed by atoms with Crippen molar-refractivity contribution in [3.8, 4) is 17.0 Å². The van der Waals surface area contributed by atoms with Crippen LogP contribution in [-0.2, 0) is 11.2 Å². The molecule has 6 nitrogen and oxygen atoms in total. The Balaban J connectivity index is 1.58. The lowest BCUT2D eigenvalue weighted by Gasteiger charge is -2.06. The molecule has 0 aliphatic heterocycles. The summed E-state index contributed by atoms with van der Waals surface area (Å²) < 4.78 is 10.5. The van der Waals surface area contributed by atoms with E-state index in [9.17, 15) is 4.79 Å². The van der Waals surface area contributed by atoms with Gasteiger partial charge in [-0.2, -0.15) is 5.10 Å². The Bertz CT molecular complexity index is 813. The number of hydrogen-bond acceptors (Lipinski definition) is 5. The Morgan fingerprint density at radius 3 is 2.60 bits per heavy atom. The molecule has 3 aromatic rings. The van der Waals surface area contributed by atoms with Crippen LogP contribution in [0.3, 0.4) is 0 Å². The fraction of sp³-hybridized carbons (Fsp3) is 0.211. The molecule has 2 heterocycles.